The van der Waals surface area contributed by atoms with E-state index in [2.05, 4.69) is 4.90 Å². The van der Waals surface area contributed by atoms with Crippen molar-refractivity contribution in [2.24, 2.45) is 5.92 Å². The molecule has 1 aromatic rings. The van der Waals surface area contributed by atoms with Crippen molar-refractivity contribution >= 4 is 17.6 Å². The Hall–Kier alpha value is -2.11. The normalized spacial score (nSPS) is 26.4. The van der Waals surface area contributed by atoms with E-state index in [9.17, 15) is 14.0 Å². The molecule has 6 heteroatoms. The Balaban J connectivity index is 1.44. The van der Waals surface area contributed by atoms with E-state index in [0.29, 0.717) is 49.1 Å². The molecule has 0 aromatic heterocycles. The number of carbonyl (C=O) groups is 2. The lowest BCUT2D eigenvalue weighted by molar-refractivity contribution is -0.141. The maximum absolute atomic E-state index is 13.1. The highest BCUT2D eigenvalue weighted by molar-refractivity contribution is 5.91. The maximum Gasteiger partial charge on any atom is 0.324 e. The summed E-state index contributed by atoms with van der Waals surface area (Å²) in [7, 11) is 1.72. The van der Waals surface area contributed by atoms with Gasteiger partial charge in [-0.25, -0.2) is 9.18 Å². The molecule has 0 spiro atoms. The third-order valence-corrected chi connectivity index (χ3v) is 5.78. The van der Waals surface area contributed by atoms with Crippen LogP contribution in [0, 0.1) is 11.7 Å². The van der Waals surface area contributed by atoms with Gasteiger partial charge in [-0.1, -0.05) is 0 Å². The summed E-state index contributed by atoms with van der Waals surface area (Å²) in [5.74, 6) is 0.363. The van der Waals surface area contributed by atoms with Gasteiger partial charge < -0.3 is 9.80 Å². The van der Waals surface area contributed by atoms with Crippen molar-refractivity contribution in [3.63, 3.8) is 0 Å². The number of nitrogens with zero attached hydrogens (tertiary/aromatic N) is 3. The highest BCUT2D eigenvalue weighted by Gasteiger charge is 2.46. The number of urea groups is 1. The van der Waals surface area contributed by atoms with Crippen molar-refractivity contribution < 1.29 is 14.0 Å². The minimum atomic E-state index is -0.308. The topological polar surface area (TPSA) is 43.9 Å². The fourth-order valence-electron chi connectivity index (χ4n) is 4.28. The second kappa shape index (κ2) is 6.32. The standard InChI is InChI=1S/C19H24FN3O2/c1-21(15-5-3-14(20)4-6-15)19(25)22-11-10-17-13(12-22)2-9-18(24)23(17)16-7-8-16/h3-6,13,16-17H,2,7-12H2,1H3. The molecule has 2 atom stereocenters. The van der Waals surface area contributed by atoms with Gasteiger partial charge in [0.25, 0.3) is 0 Å². The van der Waals surface area contributed by atoms with Gasteiger partial charge in [0.2, 0.25) is 5.91 Å². The molecular formula is C19H24FN3O2. The minimum Gasteiger partial charge on any atom is -0.336 e. The van der Waals surface area contributed by atoms with E-state index < -0.39 is 0 Å². The molecule has 5 nitrogen and oxygen atoms in total. The van der Waals surface area contributed by atoms with E-state index in [1.807, 2.05) is 4.90 Å². The average Bonchev–Trinajstić information content (AvgIpc) is 3.45. The first-order valence-corrected chi connectivity index (χ1v) is 9.14. The SMILES string of the molecule is CN(C(=O)N1CCC2C(CCC(=O)N2C2CC2)C1)c1ccc(F)cc1. The Morgan fingerprint density at radius 3 is 2.56 bits per heavy atom. The lowest BCUT2D eigenvalue weighted by Gasteiger charge is -2.47. The molecule has 1 aliphatic carbocycles. The third-order valence-electron chi connectivity index (χ3n) is 5.78. The zero-order valence-electron chi connectivity index (χ0n) is 14.5. The van der Waals surface area contributed by atoms with E-state index in [-0.39, 0.29) is 11.8 Å². The molecule has 2 saturated heterocycles. The monoisotopic (exact) mass is 345 g/mol. The van der Waals surface area contributed by atoms with Gasteiger partial charge >= 0.3 is 6.03 Å². The van der Waals surface area contributed by atoms with Gasteiger partial charge in [0.15, 0.2) is 0 Å². The van der Waals surface area contributed by atoms with Crippen LogP contribution in [0.5, 0.6) is 0 Å². The summed E-state index contributed by atoms with van der Waals surface area (Å²) in [5.41, 5.74) is 0.687. The number of piperidine rings is 2. The molecule has 134 valence electrons. The van der Waals surface area contributed by atoms with Gasteiger partial charge in [-0.2, -0.15) is 0 Å². The number of halogens is 1. The van der Waals surface area contributed by atoms with Crippen molar-refractivity contribution in [2.75, 3.05) is 25.0 Å². The molecule has 1 saturated carbocycles. The van der Waals surface area contributed by atoms with Gasteiger partial charge in [0.05, 0.1) is 0 Å². The summed E-state index contributed by atoms with van der Waals surface area (Å²) in [6.07, 6.45) is 4.59. The lowest BCUT2D eigenvalue weighted by atomic mass is 9.83. The van der Waals surface area contributed by atoms with E-state index >= 15 is 0 Å². The van der Waals surface area contributed by atoms with Gasteiger partial charge in [-0.15, -0.1) is 0 Å². The predicted octanol–water partition coefficient (Wildman–Crippen LogP) is 2.86. The lowest BCUT2D eigenvalue weighted by Crippen LogP contribution is -2.58. The van der Waals surface area contributed by atoms with Gasteiger partial charge in [-0.05, 0) is 55.9 Å². The van der Waals surface area contributed by atoms with Crippen molar-refractivity contribution in [3.8, 4) is 0 Å². The second-order valence-electron chi connectivity index (χ2n) is 7.45. The van der Waals surface area contributed by atoms with Crippen LogP contribution in [0.1, 0.15) is 32.1 Å². The number of likely N-dealkylation sites (tertiary alicyclic amines) is 2. The highest BCUT2D eigenvalue weighted by Crippen LogP contribution is 2.39. The Labute approximate surface area is 147 Å². The summed E-state index contributed by atoms with van der Waals surface area (Å²) in [6.45, 7) is 1.37. The number of hydrogen-bond donors (Lipinski definition) is 0. The minimum absolute atomic E-state index is 0.0556. The summed E-state index contributed by atoms with van der Waals surface area (Å²) in [6, 6.07) is 6.66. The number of hydrogen-bond acceptors (Lipinski definition) is 2. The molecule has 0 radical (unpaired) electrons. The molecule has 2 heterocycles. The van der Waals surface area contributed by atoms with Crippen LogP contribution in [0.2, 0.25) is 0 Å². The molecule has 25 heavy (non-hydrogen) atoms. The molecule has 4 rings (SSSR count). The second-order valence-corrected chi connectivity index (χ2v) is 7.45. The fraction of sp³-hybridized carbons (Fsp3) is 0.579. The summed E-state index contributed by atoms with van der Waals surface area (Å²) in [5, 5.41) is 0. The first kappa shape index (κ1) is 16.4. The molecule has 3 fully saturated rings. The summed E-state index contributed by atoms with van der Waals surface area (Å²) >= 11 is 0. The van der Waals surface area contributed by atoms with E-state index in [4.69, 9.17) is 0 Å². The number of fused-ring (bicyclic) bond motifs is 1. The van der Waals surface area contributed by atoms with Crippen LogP contribution >= 0.6 is 0 Å². The molecule has 3 aliphatic rings. The Morgan fingerprint density at radius 1 is 1.16 bits per heavy atom. The number of benzene rings is 1. The van der Waals surface area contributed by atoms with E-state index in [1.54, 1.807) is 24.1 Å². The molecule has 3 amide bonds. The number of amides is 3. The predicted molar refractivity (Wildman–Crippen MR) is 92.8 cm³/mol. The van der Waals surface area contributed by atoms with Crippen molar-refractivity contribution in [3.05, 3.63) is 30.1 Å². The smallest absolute Gasteiger partial charge is 0.324 e. The van der Waals surface area contributed by atoms with Crippen LogP contribution in [0.15, 0.2) is 24.3 Å². The fourth-order valence-corrected chi connectivity index (χ4v) is 4.28. The van der Waals surface area contributed by atoms with E-state index in [1.165, 1.54) is 12.1 Å². The Morgan fingerprint density at radius 2 is 1.88 bits per heavy atom. The van der Waals surface area contributed by atoms with Crippen LogP contribution < -0.4 is 4.90 Å². The maximum atomic E-state index is 13.1. The average molecular weight is 345 g/mol. The Bertz CT molecular complexity index is 674. The molecule has 1 aromatic carbocycles. The molecule has 0 bridgehead atoms. The first-order valence-electron chi connectivity index (χ1n) is 9.14. The van der Waals surface area contributed by atoms with Crippen LogP contribution in [-0.2, 0) is 4.79 Å². The summed E-state index contributed by atoms with van der Waals surface area (Å²) in [4.78, 5) is 30.7. The molecular weight excluding hydrogens is 321 g/mol. The Kier molecular flexibility index (Phi) is 4.13. The molecule has 2 aliphatic heterocycles. The largest absolute Gasteiger partial charge is 0.336 e. The van der Waals surface area contributed by atoms with Gasteiger partial charge in [-0.3, -0.25) is 9.69 Å². The first-order chi connectivity index (χ1) is 12.0. The van der Waals surface area contributed by atoms with Crippen molar-refractivity contribution in [1.29, 1.82) is 0 Å². The van der Waals surface area contributed by atoms with Crippen LogP contribution in [-0.4, -0.2) is 54.0 Å². The quantitative estimate of drug-likeness (QED) is 0.827. The molecule has 2 unspecified atom stereocenters. The van der Waals surface area contributed by atoms with Crippen molar-refractivity contribution in [2.45, 2.75) is 44.2 Å². The van der Waals surface area contributed by atoms with E-state index in [0.717, 1.165) is 25.7 Å². The van der Waals surface area contributed by atoms with Crippen LogP contribution in [0.4, 0.5) is 14.9 Å². The van der Waals surface area contributed by atoms with Crippen LogP contribution in [0.25, 0.3) is 0 Å². The number of carbonyl (C=O) groups excluding carboxylic acids is 2. The third kappa shape index (κ3) is 3.10. The van der Waals surface area contributed by atoms with Gasteiger partial charge in [0, 0.05) is 44.3 Å². The van der Waals surface area contributed by atoms with Crippen LogP contribution in [0.3, 0.4) is 0 Å². The number of rotatable bonds is 2. The zero-order chi connectivity index (χ0) is 17.6. The van der Waals surface area contributed by atoms with Gasteiger partial charge in [0.1, 0.15) is 5.82 Å². The van der Waals surface area contributed by atoms with Crippen molar-refractivity contribution in [1.82, 2.24) is 9.80 Å². The summed E-state index contributed by atoms with van der Waals surface area (Å²) < 4.78 is 13.1. The highest BCUT2D eigenvalue weighted by atomic mass is 19.1. The molecule has 0 N–H and O–H groups in total. The zero-order valence-corrected chi connectivity index (χ0v) is 14.5. The number of anilines is 1.